The summed E-state index contributed by atoms with van der Waals surface area (Å²) >= 11 is 6.31. The monoisotopic (exact) mass is 456 g/mol. The minimum absolute atomic E-state index is 0.306. The van der Waals surface area contributed by atoms with E-state index in [1.54, 1.807) is 12.1 Å². The molecule has 166 valence electrons. The molecule has 1 aromatic heterocycles. The molecule has 0 saturated heterocycles. The van der Waals surface area contributed by atoms with Crippen LogP contribution < -0.4 is 14.8 Å². The van der Waals surface area contributed by atoms with E-state index < -0.39 is 5.82 Å². The second kappa shape index (κ2) is 8.78. The van der Waals surface area contributed by atoms with Crippen LogP contribution in [-0.4, -0.2) is 33.9 Å². The van der Waals surface area contributed by atoms with Gasteiger partial charge in [-0.25, -0.2) is 4.39 Å². The molecule has 3 aromatic rings. The molecular formula is C23H22ClFN4O3. The van der Waals surface area contributed by atoms with Crippen LogP contribution in [0.15, 0.2) is 30.3 Å². The van der Waals surface area contributed by atoms with Crippen molar-refractivity contribution in [3.8, 4) is 22.9 Å². The molecule has 0 radical (unpaired) electrons. The van der Waals surface area contributed by atoms with Gasteiger partial charge in [0.05, 0.1) is 23.8 Å². The number of amides is 1. The van der Waals surface area contributed by atoms with Crippen molar-refractivity contribution in [1.29, 1.82) is 0 Å². The van der Waals surface area contributed by atoms with E-state index >= 15 is 0 Å². The lowest BCUT2D eigenvalue weighted by Crippen LogP contribution is -2.13. The third-order valence-electron chi connectivity index (χ3n) is 5.64. The molecular weight excluding hydrogens is 435 g/mol. The quantitative estimate of drug-likeness (QED) is 0.607. The number of benzene rings is 2. The molecule has 1 N–H and O–H groups in total. The van der Waals surface area contributed by atoms with E-state index in [1.807, 2.05) is 4.57 Å². The van der Waals surface area contributed by atoms with E-state index in [2.05, 4.69) is 15.5 Å². The molecule has 2 aliphatic rings. The highest BCUT2D eigenvalue weighted by atomic mass is 35.5. The van der Waals surface area contributed by atoms with Crippen LogP contribution in [0.3, 0.4) is 0 Å². The molecule has 0 spiro atoms. The van der Waals surface area contributed by atoms with Crippen molar-refractivity contribution in [2.75, 3.05) is 18.5 Å². The fourth-order valence-corrected chi connectivity index (χ4v) is 4.29. The summed E-state index contributed by atoms with van der Waals surface area (Å²) in [5, 5.41) is 11.6. The number of nitrogens with one attached hydrogen (secondary N) is 1. The van der Waals surface area contributed by atoms with Gasteiger partial charge in [-0.1, -0.05) is 18.0 Å². The molecule has 0 saturated carbocycles. The topological polar surface area (TPSA) is 78.3 Å². The molecule has 0 bridgehead atoms. The lowest BCUT2D eigenvalue weighted by Gasteiger charge is -2.13. The SMILES string of the molecule is O=C(Nc1ccc(F)c(-c2nnc3n2CCCCC3)c1)c1cc(Cl)c2c(c1)OCCCO2. The Balaban J connectivity index is 1.43. The second-order valence-electron chi connectivity index (χ2n) is 7.89. The van der Waals surface area contributed by atoms with E-state index in [1.165, 1.54) is 18.2 Å². The van der Waals surface area contributed by atoms with Gasteiger partial charge in [0.15, 0.2) is 17.3 Å². The number of carbonyl (C=O) groups is 1. The van der Waals surface area contributed by atoms with E-state index in [0.29, 0.717) is 52.4 Å². The van der Waals surface area contributed by atoms with Gasteiger partial charge in [-0.3, -0.25) is 4.79 Å². The first kappa shape index (κ1) is 20.8. The number of ether oxygens (including phenoxy) is 2. The second-order valence-corrected chi connectivity index (χ2v) is 8.29. The van der Waals surface area contributed by atoms with Crippen LogP contribution in [0.5, 0.6) is 11.5 Å². The van der Waals surface area contributed by atoms with Crippen molar-refractivity contribution >= 4 is 23.2 Å². The number of hydrogen-bond donors (Lipinski definition) is 1. The first-order valence-corrected chi connectivity index (χ1v) is 11.1. The molecule has 0 aliphatic carbocycles. The standard InChI is InChI=1S/C23H22ClFN4O3/c24-17-11-14(12-19-21(17)32-10-4-9-31-19)23(30)26-15-6-7-18(25)16(13-15)22-28-27-20-5-2-1-3-8-29(20)22/h6-7,11-13H,1-5,8-10H2,(H,26,30). The van der Waals surface area contributed by atoms with Crippen LogP contribution in [0.1, 0.15) is 41.9 Å². The van der Waals surface area contributed by atoms with Crippen LogP contribution in [-0.2, 0) is 13.0 Å². The van der Waals surface area contributed by atoms with Crippen molar-refractivity contribution in [2.24, 2.45) is 0 Å². The highest BCUT2D eigenvalue weighted by Crippen LogP contribution is 2.38. The first-order chi connectivity index (χ1) is 15.6. The number of anilines is 1. The van der Waals surface area contributed by atoms with E-state index in [4.69, 9.17) is 21.1 Å². The van der Waals surface area contributed by atoms with Gasteiger partial charge >= 0.3 is 0 Å². The fourth-order valence-electron chi connectivity index (χ4n) is 4.02. The van der Waals surface area contributed by atoms with Crippen LogP contribution in [0.25, 0.3) is 11.4 Å². The van der Waals surface area contributed by atoms with Gasteiger partial charge in [0.2, 0.25) is 0 Å². The van der Waals surface area contributed by atoms with Crippen molar-refractivity contribution in [3.63, 3.8) is 0 Å². The van der Waals surface area contributed by atoms with Crippen LogP contribution in [0, 0.1) is 5.82 Å². The van der Waals surface area contributed by atoms with Gasteiger partial charge in [-0.2, -0.15) is 0 Å². The lowest BCUT2D eigenvalue weighted by atomic mass is 10.1. The maximum Gasteiger partial charge on any atom is 0.255 e. The Kier molecular flexibility index (Phi) is 5.70. The zero-order valence-electron chi connectivity index (χ0n) is 17.4. The molecule has 32 heavy (non-hydrogen) atoms. The number of aryl methyl sites for hydroxylation is 1. The molecule has 0 fully saturated rings. The average Bonchev–Trinajstić information content (AvgIpc) is 2.96. The Hall–Kier alpha value is -3.13. The van der Waals surface area contributed by atoms with Crippen LogP contribution >= 0.6 is 11.6 Å². The zero-order valence-corrected chi connectivity index (χ0v) is 18.1. The van der Waals surface area contributed by atoms with Gasteiger partial charge < -0.3 is 19.4 Å². The zero-order chi connectivity index (χ0) is 22.1. The first-order valence-electron chi connectivity index (χ1n) is 10.7. The maximum atomic E-state index is 14.7. The molecule has 5 rings (SSSR count). The summed E-state index contributed by atoms with van der Waals surface area (Å²) in [5.41, 5.74) is 1.07. The van der Waals surface area contributed by atoms with Crippen molar-refractivity contribution in [1.82, 2.24) is 14.8 Å². The third kappa shape index (κ3) is 4.02. The molecule has 1 amide bonds. The molecule has 2 aromatic carbocycles. The normalized spacial score (nSPS) is 15.4. The van der Waals surface area contributed by atoms with Gasteiger partial charge in [-0.15, -0.1) is 10.2 Å². The Morgan fingerprint density at radius 3 is 2.84 bits per heavy atom. The van der Waals surface area contributed by atoms with Gasteiger partial charge in [0.25, 0.3) is 5.91 Å². The summed E-state index contributed by atoms with van der Waals surface area (Å²) in [6.07, 6.45) is 4.72. The van der Waals surface area contributed by atoms with Gasteiger partial charge in [-0.05, 0) is 43.2 Å². The Morgan fingerprint density at radius 1 is 1.06 bits per heavy atom. The summed E-state index contributed by atoms with van der Waals surface area (Å²) in [7, 11) is 0. The Bertz CT molecular complexity index is 1180. The summed E-state index contributed by atoms with van der Waals surface area (Å²) in [6, 6.07) is 7.56. The van der Waals surface area contributed by atoms with Gasteiger partial charge in [0.1, 0.15) is 11.6 Å². The van der Waals surface area contributed by atoms with Crippen LogP contribution in [0.2, 0.25) is 5.02 Å². The molecule has 3 heterocycles. The Labute approximate surface area is 189 Å². The summed E-state index contributed by atoms with van der Waals surface area (Å²) in [4.78, 5) is 12.9. The molecule has 9 heteroatoms. The fraction of sp³-hybridized carbons (Fsp3) is 0.348. The smallest absolute Gasteiger partial charge is 0.255 e. The molecule has 2 aliphatic heterocycles. The number of rotatable bonds is 3. The number of fused-ring (bicyclic) bond motifs is 2. The van der Waals surface area contributed by atoms with Gasteiger partial charge in [0, 0.05) is 30.6 Å². The highest BCUT2D eigenvalue weighted by molar-refractivity contribution is 6.32. The van der Waals surface area contributed by atoms with E-state index in [0.717, 1.165) is 44.5 Å². The number of aromatic nitrogens is 3. The summed E-state index contributed by atoms with van der Waals surface area (Å²) in [6.45, 7) is 1.74. The number of halogens is 2. The van der Waals surface area contributed by atoms with E-state index in [-0.39, 0.29) is 5.91 Å². The highest BCUT2D eigenvalue weighted by Gasteiger charge is 2.21. The molecule has 0 unspecified atom stereocenters. The van der Waals surface area contributed by atoms with Crippen molar-refractivity contribution in [2.45, 2.75) is 38.6 Å². The minimum Gasteiger partial charge on any atom is -0.489 e. The largest absolute Gasteiger partial charge is 0.489 e. The van der Waals surface area contributed by atoms with Crippen LogP contribution in [0.4, 0.5) is 10.1 Å². The summed E-state index contributed by atoms with van der Waals surface area (Å²) in [5.74, 6) is 1.42. The number of hydrogen-bond acceptors (Lipinski definition) is 5. The summed E-state index contributed by atoms with van der Waals surface area (Å²) < 4.78 is 27.9. The average molecular weight is 457 g/mol. The van der Waals surface area contributed by atoms with E-state index in [9.17, 15) is 9.18 Å². The lowest BCUT2D eigenvalue weighted by molar-refractivity contribution is 0.102. The Morgan fingerprint density at radius 2 is 1.94 bits per heavy atom. The van der Waals surface area contributed by atoms with Crippen molar-refractivity contribution in [3.05, 3.63) is 52.6 Å². The number of carbonyl (C=O) groups excluding carboxylic acids is 1. The predicted octanol–water partition coefficient (Wildman–Crippen LogP) is 4.88. The third-order valence-corrected chi connectivity index (χ3v) is 5.92. The number of nitrogens with zero attached hydrogens (tertiary/aromatic N) is 3. The molecule has 0 atom stereocenters. The minimum atomic E-state index is -0.416. The van der Waals surface area contributed by atoms with Crippen molar-refractivity contribution < 1.29 is 18.7 Å². The molecule has 7 nitrogen and oxygen atoms in total. The predicted molar refractivity (Wildman–Crippen MR) is 118 cm³/mol. The maximum absolute atomic E-state index is 14.7.